The first kappa shape index (κ1) is 30.8. The lowest BCUT2D eigenvalue weighted by Gasteiger charge is -2.41. The minimum absolute atomic E-state index is 0.000348. The summed E-state index contributed by atoms with van der Waals surface area (Å²) in [5.41, 5.74) is 4.20. The zero-order valence-corrected chi connectivity index (χ0v) is 26.5. The summed E-state index contributed by atoms with van der Waals surface area (Å²) in [6.07, 6.45) is 13.4. The second-order valence-corrected chi connectivity index (χ2v) is 14.2. The molecule has 1 N–H and O–H groups in total. The Hall–Kier alpha value is -3.18. The van der Waals surface area contributed by atoms with Crippen LogP contribution in [0.15, 0.2) is 71.7 Å². The van der Waals surface area contributed by atoms with E-state index in [2.05, 4.69) is 44.2 Å². The monoisotopic (exact) mass is 595 g/mol. The van der Waals surface area contributed by atoms with Gasteiger partial charge in [0.25, 0.3) is 5.56 Å². The number of hydrogen-bond acceptors (Lipinski definition) is 4. The van der Waals surface area contributed by atoms with Crippen molar-refractivity contribution >= 4 is 5.78 Å². The number of aliphatic hydroxyl groups is 1. The summed E-state index contributed by atoms with van der Waals surface area (Å²) in [5.74, 6) is 1.58. The molecule has 3 atom stereocenters. The highest BCUT2D eigenvalue weighted by Crippen LogP contribution is 2.50. The first-order valence-electron chi connectivity index (χ1n) is 17.1. The van der Waals surface area contributed by atoms with Crippen molar-refractivity contribution in [2.24, 2.45) is 5.92 Å². The Kier molecular flexibility index (Phi) is 9.42. The van der Waals surface area contributed by atoms with E-state index in [0.29, 0.717) is 30.2 Å². The third-order valence-corrected chi connectivity index (χ3v) is 10.7. The second-order valence-electron chi connectivity index (χ2n) is 14.2. The van der Waals surface area contributed by atoms with Crippen LogP contribution in [-0.4, -0.2) is 27.2 Å². The molecule has 2 saturated carbocycles. The fourth-order valence-corrected chi connectivity index (χ4v) is 8.12. The number of benzene rings is 2. The average molecular weight is 596 g/mol. The maximum Gasteiger partial charge on any atom is 0.250 e. The van der Waals surface area contributed by atoms with Crippen molar-refractivity contribution in [2.75, 3.05) is 0 Å². The van der Waals surface area contributed by atoms with Crippen LogP contribution in [0.25, 0.3) is 0 Å². The molecule has 5 nitrogen and oxygen atoms in total. The molecular formula is C39H49NO4. The van der Waals surface area contributed by atoms with Crippen LogP contribution in [0.1, 0.15) is 136 Å². The molecule has 2 heterocycles. The van der Waals surface area contributed by atoms with Crippen LogP contribution < -0.4 is 10.3 Å². The lowest BCUT2D eigenvalue weighted by molar-refractivity contribution is 0.0343. The van der Waals surface area contributed by atoms with Gasteiger partial charge in [-0.05, 0) is 111 Å². The van der Waals surface area contributed by atoms with Crippen LogP contribution in [0.4, 0.5) is 0 Å². The van der Waals surface area contributed by atoms with Gasteiger partial charge in [-0.15, -0.1) is 0 Å². The minimum atomic E-state index is -0.612. The van der Waals surface area contributed by atoms with Gasteiger partial charge < -0.3 is 14.4 Å². The highest BCUT2D eigenvalue weighted by atomic mass is 16.5. The molecule has 1 aromatic heterocycles. The van der Waals surface area contributed by atoms with Crippen LogP contribution >= 0.6 is 0 Å². The predicted octanol–water partition coefficient (Wildman–Crippen LogP) is 8.54. The van der Waals surface area contributed by atoms with E-state index in [1.807, 2.05) is 18.2 Å². The van der Waals surface area contributed by atoms with Gasteiger partial charge in [0.05, 0.1) is 6.10 Å². The van der Waals surface area contributed by atoms with E-state index < -0.39 is 6.10 Å². The number of hydrogen-bond donors (Lipinski definition) is 1. The number of aromatic nitrogens is 1. The Morgan fingerprint density at radius 2 is 1.75 bits per heavy atom. The highest BCUT2D eigenvalue weighted by Gasteiger charge is 2.43. The molecule has 1 aliphatic heterocycles. The van der Waals surface area contributed by atoms with Crippen LogP contribution in [0.2, 0.25) is 0 Å². The number of rotatable bonds is 11. The standard InChI is InChI=1S/C39H49NO4/c1-27(2)29-15-18-37-34(23-29)30(25-39(44-37)20-8-9-21-39)14-17-35(41)32(22-28-10-4-3-5-11-28)24-36(42)31-16-19-38(43)40(26-31)33-12-6-7-13-33/h3-5,10-11,15-16,18-19,23,26-27,30,32-33,35,41H,6-9,12-14,17,20-22,24-25H2,1-2H3/t30-,32+,35+/m0/s1. The molecule has 0 saturated heterocycles. The van der Waals surface area contributed by atoms with Gasteiger partial charge in [0, 0.05) is 30.3 Å². The molecule has 3 aliphatic rings. The molecule has 5 heteroatoms. The van der Waals surface area contributed by atoms with E-state index >= 15 is 0 Å². The summed E-state index contributed by atoms with van der Waals surface area (Å²) in [4.78, 5) is 26.4. The summed E-state index contributed by atoms with van der Waals surface area (Å²) in [6, 6.07) is 20.3. The number of fused-ring (bicyclic) bond motifs is 1. The number of pyridine rings is 1. The maximum absolute atomic E-state index is 13.7. The van der Waals surface area contributed by atoms with Crippen LogP contribution in [-0.2, 0) is 6.42 Å². The fraction of sp³-hybridized carbons (Fsp3) is 0.538. The van der Waals surface area contributed by atoms with Crippen molar-refractivity contribution in [1.29, 1.82) is 0 Å². The van der Waals surface area contributed by atoms with Gasteiger partial charge in [-0.1, -0.05) is 69.2 Å². The number of carbonyl (C=O) groups excluding carboxylic acids is 1. The van der Waals surface area contributed by atoms with E-state index in [1.54, 1.807) is 22.9 Å². The van der Waals surface area contributed by atoms with Crippen molar-refractivity contribution < 1.29 is 14.6 Å². The molecule has 0 bridgehead atoms. The van der Waals surface area contributed by atoms with E-state index in [4.69, 9.17) is 4.74 Å². The summed E-state index contributed by atoms with van der Waals surface area (Å²) >= 11 is 0. The van der Waals surface area contributed by atoms with Gasteiger partial charge in [0.15, 0.2) is 5.78 Å². The van der Waals surface area contributed by atoms with E-state index in [1.165, 1.54) is 24.0 Å². The van der Waals surface area contributed by atoms with Gasteiger partial charge in [0.1, 0.15) is 11.4 Å². The van der Waals surface area contributed by atoms with Gasteiger partial charge in [-0.3, -0.25) is 9.59 Å². The summed E-state index contributed by atoms with van der Waals surface area (Å²) in [6.45, 7) is 4.46. The van der Waals surface area contributed by atoms with Crippen molar-refractivity contribution in [1.82, 2.24) is 4.57 Å². The summed E-state index contributed by atoms with van der Waals surface area (Å²) in [7, 11) is 0. The smallest absolute Gasteiger partial charge is 0.250 e. The van der Waals surface area contributed by atoms with Crippen LogP contribution in [0, 0.1) is 5.92 Å². The first-order chi connectivity index (χ1) is 21.3. The van der Waals surface area contributed by atoms with E-state index in [0.717, 1.165) is 62.7 Å². The van der Waals surface area contributed by atoms with Crippen LogP contribution in [0.3, 0.4) is 0 Å². The third-order valence-electron chi connectivity index (χ3n) is 10.7. The van der Waals surface area contributed by atoms with Crippen molar-refractivity contribution in [3.05, 3.63) is 99.5 Å². The zero-order valence-electron chi connectivity index (χ0n) is 26.5. The summed E-state index contributed by atoms with van der Waals surface area (Å²) < 4.78 is 8.48. The molecule has 234 valence electrons. The van der Waals surface area contributed by atoms with Crippen molar-refractivity contribution in [3.8, 4) is 5.75 Å². The molecule has 3 aromatic rings. The lowest BCUT2D eigenvalue weighted by Crippen LogP contribution is -2.38. The Balaban J connectivity index is 1.21. The number of aliphatic hydroxyl groups excluding tert-OH is 1. The maximum atomic E-state index is 13.7. The van der Waals surface area contributed by atoms with Gasteiger partial charge in [0.2, 0.25) is 0 Å². The second kappa shape index (κ2) is 13.4. The zero-order chi connectivity index (χ0) is 30.7. The Bertz CT molecular complexity index is 1480. The number of nitrogens with zero attached hydrogens (tertiary/aromatic N) is 1. The molecule has 1 spiro atoms. The number of ether oxygens (including phenoxy) is 1. The highest BCUT2D eigenvalue weighted by molar-refractivity contribution is 5.96. The molecule has 2 aliphatic carbocycles. The Labute approximate surface area is 262 Å². The molecule has 0 amide bonds. The summed E-state index contributed by atoms with van der Waals surface area (Å²) in [5, 5.41) is 11.8. The van der Waals surface area contributed by atoms with Gasteiger partial charge in [-0.2, -0.15) is 0 Å². The molecule has 0 radical (unpaired) electrons. The number of carbonyl (C=O) groups is 1. The van der Waals surface area contributed by atoms with Gasteiger partial charge in [-0.25, -0.2) is 0 Å². The molecule has 6 rings (SSSR count). The molecule has 2 fully saturated rings. The quantitative estimate of drug-likeness (QED) is 0.226. The molecule has 44 heavy (non-hydrogen) atoms. The molecule has 0 unspecified atom stereocenters. The third kappa shape index (κ3) is 6.88. The first-order valence-corrected chi connectivity index (χ1v) is 17.1. The van der Waals surface area contributed by atoms with Crippen molar-refractivity contribution in [2.45, 2.75) is 127 Å². The van der Waals surface area contributed by atoms with E-state index in [9.17, 15) is 14.7 Å². The fourth-order valence-electron chi connectivity index (χ4n) is 8.12. The minimum Gasteiger partial charge on any atom is -0.487 e. The largest absolute Gasteiger partial charge is 0.487 e. The van der Waals surface area contributed by atoms with Crippen LogP contribution in [0.5, 0.6) is 5.75 Å². The topological polar surface area (TPSA) is 68.5 Å². The molecule has 2 aromatic carbocycles. The van der Waals surface area contributed by atoms with Crippen molar-refractivity contribution in [3.63, 3.8) is 0 Å². The predicted molar refractivity (Wildman–Crippen MR) is 176 cm³/mol. The number of Topliss-reactive ketones (excluding diaryl/α,β-unsaturated/α-hetero) is 1. The van der Waals surface area contributed by atoms with Gasteiger partial charge >= 0.3 is 0 Å². The normalized spacial score (nSPS) is 20.9. The van der Waals surface area contributed by atoms with E-state index in [-0.39, 0.29) is 35.3 Å². The lowest BCUT2D eigenvalue weighted by atomic mass is 9.77. The SMILES string of the molecule is CC(C)c1ccc2c(c1)[C@@H](CC[C@@H](O)[C@@H](CC(=O)c1ccc(=O)n(C3CCCC3)c1)Cc1ccccc1)CC1(CCCC1)O2. The molecular weight excluding hydrogens is 546 g/mol. The number of ketones is 1. The average Bonchev–Trinajstić information content (AvgIpc) is 3.73. The Morgan fingerprint density at radius 3 is 2.48 bits per heavy atom. The Morgan fingerprint density at radius 1 is 1.00 bits per heavy atom.